The number of nitrogens with zero attached hydrogens (tertiary/aromatic N) is 2. The summed E-state index contributed by atoms with van der Waals surface area (Å²) in [7, 11) is 0. The van der Waals surface area contributed by atoms with E-state index in [-0.39, 0.29) is 0 Å². The minimum atomic E-state index is -0.409. The van der Waals surface area contributed by atoms with Crippen molar-refractivity contribution in [2.75, 3.05) is 11.5 Å². The zero-order valence-corrected chi connectivity index (χ0v) is 9.63. The monoisotopic (exact) mass is 214 g/mol. The molecule has 0 amide bonds. The Bertz CT molecular complexity index is 260. The van der Waals surface area contributed by atoms with Crippen molar-refractivity contribution >= 4 is 11.8 Å². The van der Waals surface area contributed by atoms with Gasteiger partial charge in [-0.05, 0) is 24.9 Å². The van der Waals surface area contributed by atoms with Crippen molar-refractivity contribution in [1.82, 2.24) is 9.78 Å². The molecule has 1 aromatic heterocycles. The molecule has 1 rings (SSSR count). The molecule has 0 aliphatic carbocycles. The first kappa shape index (κ1) is 11.6. The number of aryl methyl sites for hydroxylation is 1. The van der Waals surface area contributed by atoms with Crippen LogP contribution in [0.15, 0.2) is 12.4 Å². The molecule has 80 valence electrons. The van der Waals surface area contributed by atoms with Gasteiger partial charge in [-0.15, -0.1) is 0 Å². The summed E-state index contributed by atoms with van der Waals surface area (Å²) in [6.45, 7) is 4.87. The van der Waals surface area contributed by atoms with E-state index in [4.69, 9.17) is 0 Å². The molecule has 0 spiro atoms. The third-order valence-corrected chi connectivity index (χ3v) is 3.00. The Morgan fingerprint density at radius 3 is 3.00 bits per heavy atom. The van der Waals surface area contributed by atoms with Gasteiger partial charge in [0.15, 0.2) is 0 Å². The molecular weight excluding hydrogens is 196 g/mol. The third-order valence-electron chi connectivity index (χ3n) is 2.02. The molecule has 0 saturated carbocycles. The molecule has 0 aliphatic rings. The maximum Gasteiger partial charge on any atom is 0.0792 e. The minimum absolute atomic E-state index is 0.409. The molecule has 0 saturated heterocycles. The van der Waals surface area contributed by atoms with E-state index in [1.165, 1.54) is 11.5 Å². The highest BCUT2D eigenvalue weighted by Gasteiger charge is 2.03. The molecular formula is C10H18N2OS. The van der Waals surface area contributed by atoms with Crippen molar-refractivity contribution < 1.29 is 5.11 Å². The Hall–Kier alpha value is -0.480. The summed E-state index contributed by atoms with van der Waals surface area (Å²) in [5, 5.41) is 13.5. The molecule has 4 heteroatoms. The molecule has 1 N–H and O–H groups in total. The summed E-state index contributed by atoms with van der Waals surface area (Å²) in [6, 6.07) is 0. The Balaban J connectivity index is 2.29. The number of thioether (sulfide) groups is 1. The Labute approximate surface area is 89.5 Å². The third kappa shape index (κ3) is 3.72. The number of rotatable bonds is 6. The quantitative estimate of drug-likeness (QED) is 0.737. The predicted molar refractivity (Wildman–Crippen MR) is 60.5 cm³/mol. The van der Waals surface area contributed by atoms with Crippen LogP contribution < -0.4 is 0 Å². The zero-order valence-electron chi connectivity index (χ0n) is 8.81. The van der Waals surface area contributed by atoms with Gasteiger partial charge in [0.2, 0.25) is 0 Å². The lowest BCUT2D eigenvalue weighted by Crippen LogP contribution is -1.99. The van der Waals surface area contributed by atoms with Crippen LogP contribution in [0.2, 0.25) is 0 Å². The van der Waals surface area contributed by atoms with Gasteiger partial charge in [-0.25, -0.2) is 0 Å². The topological polar surface area (TPSA) is 38.0 Å². The van der Waals surface area contributed by atoms with Gasteiger partial charge < -0.3 is 5.11 Å². The van der Waals surface area contributed by atoms with E-state index in [0.29, 0.717) is 0 Å². The van der Waals surface area contributed by atoms with E-state index in [1.54, 1.807) is 13.1 Å². The van der Waals surface area contributed by atoms with Crippen LogP contribution in [0.1, 0.15) is 31.9 Å². The molecule has 1 heterocycles. The standard InChI is InChI=1S/C10H18N2OS/c1-3-14-6-4-5-12-8-10(7-11-12)9(2)13/h7-9,13H,3-6H2,1-2H3. The highest BCUT2D eigenvalue weighted by Crippen LogP contribution is 2.10. The van der Waals surface area contributed by atoms with Crippen molar-refractivity contribution in [3.05, 3.63) is 18.0 Å². The maximum absolute atomic E-state index is 9.29. The lowest BCUT2D eigenvalue weighted by Gasteiger charge is -2.00. The number of hydrogen-bond donors (Lipinski definition) is 1. The number of hydrogen-bond acceptors (Lipinski definition) is 3. The summed E-state index contributed by atoms with van der Waals surface area (Å²) in [6.07, 6.45) is 4.38. The smallest absolute Gasteiger partial charge is 0.0792 e. The second-order valence-electron chi connectivity index (χ2n) is 3.26. The second-order valence-corrected chi connectivity index (χ2v) is 4.66. The molecule has 0 aromatic carbocycles. The number of aliphatic hydroxyl groups excluding tert-OH is 1. The fourth-order valence-electron chi connectivity index (χ4n) is 1.19. The predicted octanol–water partition coefficient (Wildman–Crippen LogP) is 2.08. The lowest BCUT2D eigenvalue weighted by molar-refractivity contribution is 0.199. The summed E-state index contributed by atoms with van der Waals surface area (Å²) in [4.78, 5) is 0. The van der Waals surface area contributed by atoms with E-state index >= 15 is 0 Å². The van der Waals surface area contributed by atoms with Crippen molar-refractivity contribution in [2.45, 2.75) is 32.9 Å². The Morgan fingerprint density at radius 1 is 1.64 bits per heavy atom. The van der Waals surface area contributed by atoms with Gasteiger partial charge in [0.1, 0.15) is 0 Å². The summed E-state index contributed by atoms with van der Waals surface area (Å²) in [5.74, 6) is 2.36. The normalized spacial score (nSPS) is 13.1. The van der Waals surface area contributed by atoms with Crippen LogP contribution in [0.3, 0.4) is 0 Å². The van der Waals surface area contributed by atoms with Crippen molar-refractivity contribution in [1.29, 1.82) is 0 Å². The fraction of sp³-hybridized carbons (Fsp3) is 0.700. The van der Waals surface area contributed by atoms with Crippen LogP contribution in [-0.4, -0.2) is 26.4 Å². The number of aliphatic hydroxyl groups is 1. The van der Waals surface area contributed by atoms with E-state index in [0.717, 1.165) is 18.5 Å². The average molecular weight is 214 g/mol. The molecule has 0 aliphatic heterocycles. The molecule has 1 atom stereocenters. The van der Waals surface area contributed by atoms with Crippen LogP contribution in [0.5, 0.6) is 0 Å². The van der Waals surface area contributed by atoms with Crippen molar-refractivity contribution in [3.63, 3.8) is 0 Å². The Kier molecular flexibility index (Phi) is 5.04. The number of aromatic nitrogens is 2. The summed E-state index contributed by atoms with van der Waals surface area (Å²) >= 11 is 1.95. The van der Waals surface area contributed by atoms with Gasteiger partial charge in [0.05, 0.1) is 12.3 Å². The molecule has 0 bridgehead atoms. The molecule has 0 radical (unpaired) electrons. The lowest BCUT2D eigenvalue weighted by atomic mass is 10.2. The molecule has 1 unspecified atom stereocenters. The van der Waals surface area contributed by atoms with Gasteiger partial charge in [-0.2, -0.15) is 16.9 Å². The second kappa shape index (κ2) is 6.09. The van der Waals surface area contributed by atoms with Crippen LogP contribution in [0, 0.1) is 0 Å². The van der Waals surface area contributed by atoms with Gasteiger partial charge in [-0.3, -0.25) is 4.68 Å². The van der Waals surface area contributed by atoms with E-state index in [2.05, 4.69) is 12.0 Å². The van der Waals surface area contributed by atoms with Gasteiger partial charge >= 0.3 is 0 Å². The van der Waals surface area contributed by atoms with Crippen LogP contribution in [0.4, 0.5) is 0 Å². The van der Waals surface area contributed by atoms with Crippen molar-refractivity contribution in [3.8, 4) is 0 Å². The maximum atomic E-state index is 9.29. The van der Waals surface area contributed by atoms with Crippen LogP contribution in [-0.2, 0) is 6.54 Å². The molecule has 3 nitrogen and oxygen atoms in total. The zero-order chi connectivity index (χ0) is 10.4. The minimum Gasteiger partial charge on any atom is -0.389 e. The van der Waals surface area contributed by atoms with Crippen LogP contribution >= 0.6 is 11.8 Å². The first-order valence-corrected chi connectivity index (χ1v) is 6.17. The van der Waals surface area contributed by atoms with E-state index in [1.807, 2.05) is 22.6 Å². The average Bonchev–Trinajstić information content (AvgIpc) is 2.61. The van der Waals surface area contributed by atoms with Gasteiger partial charge in [0.25, 0.3) is 0 Å². The van der Waals surface area contributed by atoms with Crippen LogP contribution in [0.25, 0.3) is 0 Å². The molecule has 14 heavy (non-hydrogen) atoms. The highest BCUT2D eigenvalue weighted by atomic mass is 32.2. The van der Waals surface area contributed by atoms with E-state index < -0.39 is 6.10 Å². The fourth-order valence-corrected chi connectivity index (χ4v) is 1.81. The SMILES string of the molecule is CCSCCCn1cc(C(C)O)cn1. The first-order valence-electron chi connectivity index (χ1n) is 5.02. The summed E-state index contributed by atoms with van der Waals surface area (Å²) < 4.78 is 1.90. The highest BCUT2D eigenvalue weighted by molar-refractivity contribution is 7.99. The van der Waals surface area contributed by atoms with Gasteiger partial charge in [0, 0.05) is 18.3 Å². The van der Waals surface area contributed by atoms with E-state index in [9.17, 15) is 5.11 Å². The largest absolute Gasteiger partial charge is 0.389 e. The van der Waals surface area contributed by atoms with Crippen molar-refractivity contribution in [2.24, 2.45) is 0 Å². The summed E-state index contributed by atoms with van der Waals surface area (Å²) in [5.41, 5.74) is 0.896. The van der Waals surface area contributed by atoms with Gasteiger partial charge in [-0.1, -0.05) is 6.92 Å². The Morgan fingerprint density at radius 2 is 2.43 bits per heavy atom. The first-order chi connectivity index (χ1) is 6.74. The molecule has 0 fully saturated rings. The molecule has 1 aromatic rings.